The number of carbonyl (C=O) groups excluding carboxylic acids is 1. The highest BCUT2D eigenvalue weighted by molar-refractivity contribution is 6.03. The molecule has 1 aliphatic rings. The summed E-state index contributed by atoms with van der Waals surface area (Å²) in [4.78, 5) is 21.6. The van der Waals surface area contributed by atoms with E-state index in [0.29, 0.717) is 34.1 Å². The number of aromatic nitrogens is 4. The first-order chi connectivity index (χ1) is 14.6. The van der Waals surface area contributed by atoms with E-state index in [2.05, 4.69) is 20.3 Å². The molecule has 9 heteroatoms. The monoisotopic (exact) mass is 406 g/mol. The van der Waals surface area contributed by atoms with Gasteiger partial charge in [-0.05, 0) is 50.1 Å². The van der Waals surface area contributed by atoms with Gasteiger partial charge >= 0.3 is 5.97 Å². The van der Waals surface area contributed by atoms with Gasteiger partial charge in [0, 0.05) is 17.2 Å². The lowest BCUT2D eigenvalue weighted by Crippen LogP contribution is -2.08. The van der Waals surface area contributed by atoms with Crippen LogP contribution >= 0.6 is 0 Å². The Morgan fingerprint density at radius 1 is 1.13 bits per heavy atom. The summed E-state index contributed by atoms with van der Waals surface area (Å²) in [7, 11) is 1.60. The van der Waals surface area contributed by atoms with Crippen LogP contribution in [0.2, 0.25) is 0 Å². The van der Waals surface area contributed by atoms with Crippen molar-refractivity contribution in [1.82, 2.24) is 20.3 Å². The van der Waals surface area contributed by atoms with Gasteiger partial charge in [0.1, 0.15) is 5.75 Å². The standard InChI is InChI=1S/C21H18N4O5/c1-11-18-15(9-16(12-3-4-12)22-20(18)30-24-11)21(26)28-10-17-23-19(25-29-17)13-5-7-14(27-2)8-6-13/h5-9,12H,3-4,10H2,1-2H3. The number of pyridine rings is 1. The molecule has 0 spiro atoms. The molecule has 30 heavy (non-hydrogen) atoms. The van der Waals surface area contributed by atoms with Crippen molar-refractivity contribution in [3.63, 3.8) is 0 Å². The fourth-order valence-electron chi connectivity index (χ4n) is 3.24. The van der Waals surface area contributed by atoms with E-state index in [9.17, 15) is 4.79 Å². The molecule has 0 saturated heterocycles. The zero-order valence-corrected chi connectivity index (χ0v) is 16.4. The van der Waals surface area contributed by atoms with Crippen LogP contribution < -0.4 is 4.74 Å². The number of rotatable bonds is 6. The summed E-state index contributed by atoms with van der Waals surface area (Å²) in [6, 6.07) is 9.02. The summed E-state index contributed by atoms with van der Waals surface area (Å²) in [5.74, 6) is 1.17. The molecule has 0 unspecified atom stereocenters. The molecule has 0 atom stereocenters. The first-order valence-corrected chi connectivity index (χ1v) is 9.53. The highest BCUT2D eigenvalue weighted by Gasteiger charge is 2.29. The molecule has 0 radical (unpaired) electrons. The van der Waals surface area contributed by atoms with Crippen molar-refractivity contribution in [2.24, 2.45) is 0 Å². The summed E-state index contributed by atoms with van der Waals surface area (Å²) in [6.07, 6.45) is 2.10. The van der Waals surface area contributed by atoms with Crippen LogP contribution in [0.3, 0.4) is 0 Å². The van der Waals surface area contributed by atoms with Gasteiger partial charge in [0.25, 0.3) is 11.6 Å². The molecular weight excluding hydrogens is 388 g/mol. The van der Waals surface area contributed by atoms with Crippen molar-refractivity contribution in [3.8, 4) is 17.1 Å². The minimum atomic E-state index is -0.514. The minimum Gasteiger partial charge on any atom is -0.497 e. The van der Waals surface area contributed by atoms with E-state index < -0.39 is 5.97 Å². The van der Waals surface area contributed by atoms with Crippen LogP contribution in [0.15, 0.2) is 39.4 Å². The SMILES string of the molecule is COc1ccc(-c2noc(COC(=O)c3cc(C4CC4)nc4onc(C)c34)n2)cc1. The quantitative estimate of drug-likeness (QED) is 0.441. The topological polar surface area (TPSA) is 113 Å². The fourth-order valence-corrected chi connectivity index (χ4v) is 3.24. The molecule has 0 bridgehead atoms. The highest BCUT2D eigenvalue weighted by atomic mass is 16.6. The van der Waals surface area contributed by atoms with Crippen molar-refractivity contribution in [2.75, 3.05) is 7.11 Å². The third-order valence-electron chi connectivity index (χ3n) is 5.00. The van der Waals surface area contributed by atoms with E-state index in [0.717, 1.165) is 29.8 Å². The number of nitrogens with zero attached hydrogens (tertiary/aromatic N) is 4. The Balaban J connectivity index is 1.34. The zero-order chi connectivity index (χ0) is 20.7. The number of hydrogen-bond acceptors (Lipinski definition) is 9. The van der Waals surface area contributed by atoms with Crippen LogP contribution in [0.5, 0.6) is 5.75 Å². The summed E-state index contributed by atoms with van der Waals surface area (Å²) < 4.78 is 21.1. The average molecular weight is 406 g/mol. The fraction of sp³-hybridized carbons (Fsp3) is 0.286. The van der Waals surface area contributed by atoms with Gasteiger partial charge in [-0.15, -0.1) is 0 Å². The second kappa shape index (κ2) is 7.25. The molecule has 3 aromatic heterocycles. The molecule has 1 aliphatic carbocycles. The molecule has 4 aromatic rings. The van der Waals surface area contributed by atoms with Gasteiger partial charge in [0.2, 0.25) is 5.82 Å². The smallest absolute Gasteiger partial charge is 0.339 e. The molecule has 152 valence electrons. The van der Waals surface area contributed by atoms with Crippen molar-refractivity contribution in [1.29, 1.82) is 0 Å². The second-order valence-electron chi connectivity index (χ2n) is 7.13. The summed E-state index contributed by atoms with van der Waals surface area (Å²) in [5.41, 5.74) is 2.91. The lowest BCUT2D eigenvalue weighted by atomic mass is 10.1. The van der Waals surface area contributed by atoms with Crippen LogP contribution in [0.25, 0.3) is 22.5 Å². The van der Waals surface area contributed by atoms with Crippen LogP contribution in [0.4, 0.5) is 0 Å². The van der Waals surface area contributed by atoms with E-state index in [1.807, 2.05) is 12.1 Å². The molecule has 0 aliphatic heterocycles. The molecule has 3 heterocycles. The molecule has 9 nitrogen and oxygen atoms in total. The van der Waals surface area contributed by atoms with Gasteiger partial charge in [-0.2, -0.15) is 4.98 Å². The summed E-state index contributed by atoms with van der Waals surface area (Å²) in [6.45, 7) is 1.62. The van der Waals surface area contributed by atoms with Gasteiger partial charge in [-0.3, -0.25) is 0 Å². The number of ether oxygens (including phenoxy) is 2. The van der Waals surface area contributed by atoms with Crippen LogP contribution in [0.1, 0.15) is 46.4 Å². The third-order valence-corrected chi connectivity index (χ3v) is 5.00. The number of carbonyl (C=O) groups is 1. The van der Waals surface area contributed by atoms with Gasteiger partial charge in [0.15, 0.2) is 6.61 Å². The molecular formula is C21H18N4O5. The van der Waals surface area contributed by atoms with Gasteiger partial charge in [-0.25, -0.2) is 9.78 Å². The Labute approximate surface area is 171 Å². The molecule has 5 rings (SSSR count). The largest absolute Gasteiger partial charge is 0.497 e. The maximum Gasteiger partial charge on any atom is 0.339 e. The third kappa shape index (κ3) is 3.38. The lowest BCUT2D eigenvalue weighted by Gasteiger charge is -2.05. The van der Waals surface area contributed by atoms with Crippen molar-refractivity contribution in [3.05, 3.63) is 53.2 Å². The van der Waals surface area contributed by atoms with E-state index >= 15 is 0 Å². The Morgan fingerprint density at radius 3 is 2.67 bits per heavy atom. The van der Waals surface area contributed by atoms with Crippen molar-refractivity contribution >= 4 is 17.1 Å². The van der Waals surface area contributed by atoms with Gasteiger partial charge < -0.3 is 18.5 Å². The number of methoxy groups -OCH3 is 1. The Bertz CT molecular complexity index is 1220. The highest BCUT2D eigenvalue weighted by Crippen LogP contribution is 2.40. The summed E-state index contributed by atoms with van der Waals surface area (Å²) >= 11 is 0. The summed E-state index contributed by atoms with van der Waals surface area (Å²) in [5, 5.41) is 8.44. The van der Waals surface area contributed by atoms with Crippen LogP contribution in [-0.2, 0) is 11.3 Å². The first kappa shape index (κ1) is 18.3. The van der Waals surface area contributed by atoms with Crippen molar-refractivity contribution in [2.45, 2.75) is 32.3 Å². The van der Waals surface area contributed by atoms with E-state index in [1.54, 1.807) is 32.2 Å². The first-order valence-electron chi connectivity index (χ1n) is 9.53. The maximum atomic E-state index is 12.8. The molecule has 1 aromatic carbocycles. The number of aryl methyl sites for hydroxylation is 1. The second-order valence-corrected chi connectivity index (χ2v) is 7.13. The zero-order valence-electron chi connectivity index (χ0n) is 16.4. The normalized spacial score (nSPS) is 13.5. The Morgan fingerprint density at radius 2 is 1.93 bits per heavy atom. The molecule has 1 fully saturated rings. The Kier molecular flexibility index (Phi) is 4.42. The van der Waals surface area contributed by atoms with E-state index in [4.69, 9.17) is 18.5 Å². The number of hydrogen-bond donors (Lipinski definition) is 0. The average Bonchev–Trinajstić information content (AvgIpc) is 3.41. The van der Waals surface area contributed by atoms with Crippen molar-refractivity contribution < 1.29 is 23.3 Å². The predicted octanol–water partition coefficient (Wildman–Crippen LogP) is 3.82. The number of fused-ring (bicyclic) bond motifs is 1. The predicted molar refractivity (Wildman–Crippen MR) is 104 cm³/mol. The van der Waals surface area contributed by atoms with Crippen LogP contribution in [-0.4, -0.2) is 33.4 Å². The van der Waals surface area contributed by atoms with E-state index in [-0.39, 0.29) is 12.5 Å². The number of esters is 1. The Hall–Kier alpha value is -3.75. The van der Waals surface area contributed by atoms with Gasteiger partial charge in [-0.1, -0.05) is 10.3 Å². The van der Waals surface area contributed by atoms with Crippen LogP contribution in [0, 0.1) is 6.92 Å². The lowest BCUT2D eigenvalue weighted by molar-refractivity contribution is 0.0432. The van der Waals surface area contributed by atoms with E-state index in [1.165, 1.54) is 0 Å². The molecule has 0 N–H and O–H groups in total. The maximum absolute atomic E-state index is 12.8. The van der Waals surface area contributed by atoms with Gasteiger partial charge in [0.05, 0.1) is 23.8 Å². The molecule has 1 saturated carbocycles. The minimum absolute atomic E-state index is 0.144. The molecule has 0 amide bonds. The number of benzene rings is 1.